The zero-order valence-corrected chi connectivity index (χ0v) is 17.3. The second kappa shape index (κ2) is 8.34. The number of rotatable bonds is 4. The van der Waals surface area contributed by atoms with Crippen molar-refractivity contribution in [1.82, 2.24) is 19.7 Å². The Labute approximate surface area is 185 Å². The third kappa shape index (κ3) is 4.85. The van der Waals surface area contributed by atoms with E-state index in [0.29, 0.717) is 10.7 Å². The standard InChI is InChI=1S/C18H10F8N4O3S/c1-8-15(27-29-30(8)13-5-3-10(19)7-12(13)20)16(31)28-34(32,33)14-6-9(17(21,22)23)2-4-11(14)18(24,25)26/h2-7H,1H3,(H,28,31). The van der Waals surface area contributed by atoms with Crippen LogP contribution in [0.5, 0.6) is 0 Å². The lowest BCUT2D eigenvalue weighted by Gasteiger charge is -2.16. The molecule has 3 rings (SSSR count). The number of amides is 1. The van der Waals surface area contributed by atoms with Gasteiger partial charge in [0, 0.05) is 6.07 Å². The van der Waals surface area contributed by atoms with Crippen LogP contribution in [0.3, 0.4) is 0 Å². The second-order valence-electron chi connectivity index (χ2n) is 6.67. The van der Waals surface area contributed by atoms with Gasteiger partial charge in [-0.2, -0.15) is 26.3 Å². The number of carbonyl (C=O) groups is 1. The highest BCUT2D eigenvalue weighted by Gasteiger charge is 2.41. The number of nitrogens with zero attached hydrogens (tertiary/aromatic N) is 3. The predicted octanol–water partition coefficient (Wildman–Crippen LogP) is 4.01. The van der Waals surface area contributed by atoms with Gasteiger partial charge in [0.05, 0.1) is 16.8 Å². The Bertz CT molecular complexity index is 1380. The largest absolute Gasteiger partial charge is 0.417 e. The van der Waals surface area contributed by atoms with Crippen LogP contribution in [0.15, 0.2) is 41.3 Å². The van der Waals surface area contributed by atoms with E-state index in [1.807, 2.05) is 0 Å². The molecule has 0 spiro atoms. The van der Waals surface area contributed by atoms with Gasteiger partial charge < -0.3 is 0 Å². The van der Waals surface area contributed by atoms with Crippen molar-refractivity contribution in [2.24, 2.45) is 0 Å². The molecule has 0 aliphatic carbocycles. The summed E-state index contributed by atoms with van der Waals surface area (Å²) in [6.45, 7) is 1.11. The van der Waals surface area contributed by atoms with E-state index in [4.69, 9.17) is 0 Å². The topological polar surface area (TPSA) is 93.9 Å². The lowest BCUT2D eigenvalue weighted by Crippen LogP contribution is -2.33. The van der Waals surface area contributed by atoms with Crippen LogP contribution in [0.1, 0.15) is 27.3 Å². The van der Waals surface area contributed by atoms with Gasteiger partial charge in [0.1, 0.15) is 16.4 Å². The quantitative estimate of drug-likeness (QED) is 0.532. The first-order valence-corrected chi connectivity index (χ1v) is 10.2. The minimum absolute atomic E-state index is 0.0383. The lowest BCUT2D eigenvalue weighted by atomic mass is 10.1. The van der Waals surface area contributed by atoms with Gasteiger partial charge in [0.2, 0.25) is 0 Å². The van der Waals surface area contributed by atoms with Crippen LogP contribution in [0.25, 0.3) is 5.69 Å². The summed E-state index contributed by atoms with van der Waals surface area (Å²) >= 11 is 0. The Kier molecular flexibility index (Phi) is 6.15. The Morgan fingerprint density at radius 1 is 0.971 bits per heavy atom. The summed E-state index contributed by atoms with van der Waals surface area (Å²) < 4.78 is 133. The minimum Gasteiger partial charge on any atom is -0.266 e. The lowest BCUT2D eigenvalue weighted by molar-refractivity contribution is -0.143. The highest BCUT2D eigenvalue weighted by atomic mass is 32.2. The summed E-state index contributed by atoms with van der Waals surface area (Å²) in [5.41, 5.74) is -5.16. The van der Waals surface area contributed by atoms with Crippen molar-refractivity contribution in [3.63, 3.8) is 0 Å². The molecule has 0 atom stereocenters. The Morgan fingerprint density at radius 2 is 1.62 bits per heavy atom. The van der Waals surface area contributed by atoms with Gasteiger partial charge >= 0.3 is 12.4 Å². The van der Waals surface area contributed by atoms with E-state index >= 15 is 0 Å². The molecule has 1 aromatic heterocycles. The van der Waals surface area contributed by atoms with E-state index in [0.717, 1.165) is 19.1 Å². The molecule has 182 valence electrons. The maximum absolute atomic E-state index is 14.0. The third-order valence-corrected chi connectivity index (χ3v) is 5.75. The van der Waals surface area contributed by atoms with E-state index in [9.17, 15) is 48.3 Å². The molecule has 0 bridgehead atoms. The van der Waals surface area contributed by atoms with Crippen molar-refractivity contribution in [2.75, 3.05) is 0 Å². The first-order chi connectivity index (χ1) is 15.5. The molecule has 0 aliphatic heterocycles. The number of sulfonamides is 1. The zero-order chi connectivity index (χ0) is 25.6. The van der Waals surface area contributed by atoms with Crippen molar-refractivity contribution in [3.05, 3.63) is 70.5 Å². The summed E-state index contributed by atoms with van der Waals surface area (Å²) in [6.07, 6.45) is -10.6. The van der Waals surface area contributed by atoms with Crippen molar-refractivity contribution >= 4 is 15.9 Å². The summed E-state index contributed by atoms with van der Waals surface area (Å²) in [5.74, 6) is -3.73. The number of nitrogens with one attached hydrogen (secondary N) is 1. The van der Waals surface area contributed by atoms with E-state index in [1.165, 1.54) is 4.72 Å². The fraction of sp³-hybridized carbons (Fsp3) is 0.167. The summed E-state index contributed by atoms with van der Waals surface area (Å²) in [5, 5.41) is 6.76. The van der Waals surface area contributed by atoms with Gasteiger partial charge in [-0.05, 0) is 37.3 Å². The molecule has 2 aromatic carbocycles. The van der Waals surface area contributed by atoms with E-state index in [-0.39, 0.29) is 23.9 Å². The number of halogens is 8. The molecule has 0 saturated carbocycles. The van der Waals surface area contributed by atoms with E-state index < -0.39 is 67.3 Å². The molecule has 0 aliphatic rings. The number of carbonyl (C=O) groups excluding carboxylic acids is 1. The fourth-order valence-electron chi connectivity index (χ4n) is 2.80. The van der Waals surface area contributed by atoms with Gasteiger partial charge in [-0.15, -0.1) is 5.10 Å². The van der Waals surface area contributed by atoms with E-state index in [1.54, 1.807) is 0 Å². The molecule has 1 heterocycles. The monoisotopic (exact) mass is 514 g/mol. The molecular weight excluding hydrogens is 504 g/mol. The van der Waals surface area contributed by atoms with Crippen LogP contribution in [0.4, 0.5) is 35.1 Å². The number of hydrogen-bond acceptors (Lipinski definition) is 5. The SMILES string of the molecule is Cc1c(C(=O)NS(=O)(=O)c2cc(C(F)(F)F)ccc2C(F)(F)F)nnn1-c1ccc(F)cc1F. The molecule has 34 heavy (non-hydrogen) atoms. The maximum Gasteiger partial charge on any atom is 0.417 e. The summed E-state index contributed by atoms with van der Waals surface area (Å²) in [7, 11) is -5.51. The normalized spacial score (nSPS) is 12.6. The molecule has 0 radical (unpaired) electrons. The first kappa shape index (κ1) is 25.1. The molecule has 0 saturated heterocycles. The molecule has 1 N–H and O–H groups in total. The summed E-state index contributed by atoms with van der Waals surface area (Å²) in [6, 6.07) is 1.93. The third-order valence-electron chi connectivity index (χ3n) is 4.38. The molecule has 1 amide bonds. The molecule has 16 heteroatoms. The first-order valence-electron chi connectivity index (χ1n) is 8.75. The van der Waals surface area contributed by atoms with Gasteiger partial charge in [0.25, 0.3) is 15.9 Å². The Morgan fingerprint density at radius 3 is 2.18 bits per heavy atom. The van der Waals surface area contributed by atoms with Crippen LogP contribution < -0.4 is 4.72 Å². The van der Waals surface area contributed by atoms with Crippen molar-refractivity contribution in [1.29, 1.82) is 0 Å². The highest BCUT2D eigenvalue weighted by Crippen LogP contribution is 2.38. The molecular formula is C18H10F8N4O3S. The molecule has 0 unspecified atom stereocenters. The van der Waals surface area contributed by atoms with E-state index in [2.05, 4.69) is 10.3 Å². The van der Waals surface area contributed by atoms with Gasteiger partial charge in [-0.3, -0.25) is 4.79 Å². The zero-order valence-electron chi connectivity index (χ0n) is 16.5. The smallest absolute Gasteiger partial charge is 0.266 e. The molecule has 3 aromatic rings. The Balaban J connectivity index is 2.02. The fourth-order valence-corrected chi connectivity index (χ4v) is 4.01. The minimum atomic E-state index is -5.51. The molecule has 7 nitrogen and oxygen atoms in total. The number of hydrogen-bond donors (Lipinski definition) is 1. The predicted molar refractivity (Wildman–Crippen MR) is 97.1 cm³/mol. The van der Waals surface area contributed by atoms with Crippen LogP contribution in [0.2, 0.25) is 0 Å². The Hall–Kier alpha value is -3.56. The van der Waals surface area contributed by atoms with Crippen molar-refractivity contribution in [3.8, 4) is 5.69 Å². The average Bonchev–Trinajstić information content (AvgIpc) is 3.07. The van der Waals surface area contributed by atoms with Crippen molar-refractivity contribution in [2.45, 2.75) is 24.2 Å². The van der Waals surface area contributed by atoms with Crippen LogP contribution in [0, 0.1) is 18.6 Å². The average molecular weight is 514 g/mol. The van der Waals surface area contributed by atoms with Gasteiger partial charge in [-0.25, -0.2) is 26.6 Å². The summed E-state index contributed by atoms with van der Waals surface area (Å²) in [4.78, 5) is 10.6. The van der Waals surface area contributed by atoms with Crippen LogP contribution >= 0.6 is 0 Å². The maximum atomic E-state index is 14.0. The second-order valence-corrected chi connectivity index (χ2v) is 8.32. The van der Waals surface area contributed by atoms with Crippen LogP contribution in [-0.2, 0) is 22.4 Å². The number of aromatic nitrogens is 3. The highest BCUT2D eigenvalue weighted by molar-refractivity contribution is 7.90. The number of benzene rings is 2. The number of alkyl halides is 6. The van der Waals surface area contributed by atoms with Gasteiger partial charge in [-0.1, -0.05) is 5.21 Å². The molecule has 0 fully saturated rings. The van der Waals surface area contributed by atoms with Crippen LogP contribution in [-0.4, -0.2) is 29.3 Å². The van der Waals surface area contributed by atoms with Gasteiger partial charge in [0.15, 0.2) is 11.5 Å². The van der Waals surface area contributed by atoms with Crippen molar-refractivity contribution < 1.29 is 48.3 Å².